The van der Waals surface area contributed by atoms with E-state index in [2.05, 4.69) is 22.3 Å². The molecule has 0 bridgehead atoms. The van der Waals surface area contributed by atoms with E-state index in [9.17, 15) is 9.59 Å². The molecule has 2 aliphatic rings. The number of carbonyl (C=O) groups is 2. The number of benzene rings is 1. The van der Waals surface area contributed by atoms with E-state index in [-0.39, 0.29) is 23.8 Å². The predicted octanol–water partition coefficient (Wildman–Crippen LogP) is 2.07. The molecule has 150 valence electrons. The smallest absolute Gasteiger partial charge is 0.298 e. The summed E-state index contributed by atoms with van der Waals surface area (Å²) in [4.78, 5) is 26.5. The molecule has 2 fully saturated rings. The molecule has 1 aromatic heterocycles. The number of likely N-dealkylation sites (tertiary alicyclic amines) is 1. The third kappa shape index (κ3) is 4.66. The minimum Gasteiger partial charge on any atom is -0.381 e. The molecule has 4 rings (SSSR count). The zero-order valence-corrected chi connectivity index (χ0v) is 16.2. The lowest BCUT2D eigenvalue weighted by Crippen LogP contribution is -2.39. The second kappa shape index (κ2) is 8.93. The van der Waals surface area contributed by atoms with Crippen LogP contribution < -0.4 is 5.32 Å². The first kappa shape index (κ1) is 19.2. The third-order valence-electron chi connectivity index (χ3n) is 5.41. The van der Waals surface area contributed by atoms with Gasteiger partial charge in [-0.1, -0.05) is 24.1 Å². The topological polar surface area (TPSA) is 76.5 Å². The van der Waals surface area contributed by atoms with Crippen molar-refractivity contribution < 1.29 is 14.3 Å². The number of hydrogen-bond acceptors (Lipinski definition) is 4. The number of aromatic nitrogens is 2. The van der Waals surface area contributed by atoms with Crippen LogP contribution in [0.2, 0.25) is 0 Å². The van der Waals surface area contributed by atoms with Crippen molar-refractivity contribution in [1.29, 1.82) is 0 Å². The number of ether oxygens (including phenoxy) is 1. The summed E-state index contributed by atoms with van der Waals surface area (Å²) in [5.74, 6) is 6.09. The summed E-state index contributed by atoms with van der Waals surface area (Å²) in [5.41, 5.74) is 0.834. The van der Waals surface area contributed by atoms with E-state index in [1.807, 2.05) is 41.1 Å². The van der Waals surface area contributed by atoms with Crippen molar-refractivity contribution in [1.82, 2.24) is 14.7 Å². The van der Waals surface area contributed by atoms with Crippen molar-refractivity contribution in [2.75, 3.05) is 31.6 Å². The number of anilines is 1. The van der Waals surface area contributed by atoms with Gasteiger partial charge in [0.15, 0.2) is 0 Å². The molecule has 2 amide bonds. The van der Waals surface area contributed by atoms with E-state index >= 15 is 0 Å². The molecule has 3 heterocycles. The van der Waals surface area contributed by atoms with E-state index < -0.39 is 0 Å². The summed E-state index contributed by atoms with van der Waals surface area (Å²) in [6.07, 6.45) is 4.00. The monoisotopic (exact) mass is 392 g/mol. The maximum atomic E-state index is 12.4. The molecular weight excluding hydrogens is 368 g/mol. The first-order chi connectivity index (χ1) is 14.2. The van der Waals surface area contributed by atoms with E-state index in [1.54, 1.807) is 11.1 Å². The Morgan fingerprint density at radius 3 is 2.62 bits per heavy atom. The van der Waals surface area contributed by atoms with Gasteiger partial charge in [-0.25, -0.2) is 4.68 Å². The van der Waals surface area contributed by atoms with Crippen LogP contribution in [0.1, 0.15) is 30.9 Å². The molecule has 0 aliphatic carbocycles. The molecule has 1 N–H and O–H groups in total. The highest BCUT2D eigenvalue weighted by atomic mass is 16.5. The second-order valence-electron chi connectivity index (χ2n) is 7.35. The Bertz CT molecular complexity index is 914. The van der Waals surface area contributed by atoms with E-state index in [4.69, 9.17) is 4.74 Å². The van der Waals surface area contributed by atoms with Gasteiger partial charge in [0.2, 0.25) is 5.91 Å². The molecule has 0 saturated carbocycles. The molecule has 29 heavy (non-hydrogen) atoms. The lowest BCUT2D eigenvalue weighted by molar-refractivity contribution is -0.126. The number of rotatable bonds is 3. The first-order valence-electron chi connectivity index (χ1n) is 9.99. The van der Waals surface area contributed by atoms with Crippen LogP contribution in [-0.2, 0) is 14.3 Å². The Kier molecular flexibility index (Phi) is 5.92. The zero-order chi connectivity index (χ0) is 20.1. The van der Waals surface area contributed by atoms with Crippen LogP contribution in [0.4, 0.5) is 5.82 Å². The summed E-state index contributed by atoms with van der Waals surface area (Å²) in [6, 6.07) is 11.5. The largest absolute Gasteiger partial charge is 0.381 e. The fourth-order valence-corrected chi connectivity index (χ4v) is 3.71. The molecule has 7 heteroatoms. The Morgan fingerprint density at radius 1 is 1.10 bits per heavy atom. The van der Waals surface area contributed by atoms with Crippen molar-refractivity contribution in [2.45, 2.75) is 25.3 Å². The minimum atomic E-state index is -0.150. The molecule has 1 atom stereocenters. The van der Waals surface area contributed by atoms with Crippen LogP contribution in [0.25, 0.3) is 0 Å². The normalized spacial score (nSPS) is 19.4. The summed E-state index contributed by atoms with van der Waals surface area (Å²) >= 11 is 0. The van der Waals surface area contributed by atoms with Gasteiger partial charge in [0.1, 0.15) is 5.82 Å². The highest BCUT2D eigenvalue weighted by Crippen LogP contribution is 2.26. The molecule has 0 unspecified atom stereocenters. The van der Waals surface area contributed by atoms with Crippen molar-refractivity contribution in [2.24, 2.45) is 5.92 Å². The molecule has 0 radical (unpaired) electrons. The SMILES string of the molecule is O=C(Nc1ccnn1C1CCN(C(=O)C#Cc2ccccc2)CC1)[C@H]1CCOC1. The number of amides is 2. The Labute approximate surface area is 170 Å². The van der Waals surface area contributed by atoms with Crippen LogP contribution in [-0.4, -0.2) is 52.8 Å². The van der Waals surface area contributed by atoms with Gasteiger partial charge in [-0.05, 0) is 31.4 Å². The summed E-state index contributed by atoms with van der Waals surface area (Å²) in [5, 5.41) is 7.39. The van der Waals surface area contributed by atoms with E-state index in [0.29, 0.717) is 32.1 Å². The van der Waals surface area contributed by atoms with Crippen LogP contribution in [0.15, 0.2) is 42.6 Å². The van der Waals surface area contributed by atoms with Gasteiger partial charge in [0.25, 0.3) is 5.91 Å². The predicted molar refractivity (Wildman–Crippen MR) is 108 cm³/mol. The minimum absolute atomic E-state index is 0.0203. The summed E-state index contributed by atoms with van der Waals surface area (Å²) < 4.78 is 7.16. The molecule has 0 spiro atoms. The lowest BCUT2D eigenvalue weighted by Gasteiger charge is -2.31. The van der Waals surface area contributed by atoms with Crippen molar-refractivity contribution in [3.05, 3.63) is 48.2 Å². The van der Waals surface area contributed by atoms with Crippen LogP contribution in [0.5, 0.6) is 0 Å². The maximum absolute atomic E-state index is 12.4. The average molecular weight is 392 g/mol. The van der Waals surface area contributed by atoms with Crippen molar-refractivity contribution in [3.63, 3.8) is 0 Å². The first-order valence-corrected chi connectivity index (χ1v) is 9.99. The molecule has 1 aromatic carbocycles. The summed E-state index contributed by atoms with van der Waals surface area (Å²) in [6.45, 7) is 2.36. The van der Waals surface area contributed by atoms with Gasteiger partial charge < -0.3 is 15.0 Å². The quantitative estimate of drug-likeness (QED) is 0.812. The van der Waals surface area contributed by atoms with Crippen LogP contribution in [0, 0.1) is 17.8 Å². The lowest BCUT2D eigenvalue weighted by atomic mass is 10.0. The average Bonchev–Trinajstić information content (AvgIpc) is 3.45. The highest BCUT2D eigenvalue weighted by molar-refractivity contribution is 5.94. The summed E-state index contributed by atoms with van der Waals surface area (Å²) in [7, 11) is 0. The van der Waals surface area contributed by atoms with Crippen molar-refractivity contribution in [3.8, 4) is 11.8 Å². The van der Waals surface area contributed by atoms with Gasteiger partial charge in [-0.15, -0.1) is 0 Å². The maximum Gasteiger partial charge on any atom is 0.298 e. The van der Waals surface area contributed by atoms with Gasteiger partial charge in [0.05, 0.1) is 24.8 Å². The van der Waals surface area contributed by atoms with E-state index in [0.717, 1.165) is 24.8 Å². The number of piperidine rings is 1. The highest BCUT2D eigenvalue weighted by Gasteiger charge is 2.27. The van der Waals surface area contributed by atoms with Crippen LogP contribution in [0.3, 0.4) is 0 Å². The van der Waals surface area contributed by atoms with Gasteiger partial charge >= 0.3 is 0 Å². The molecule has 2 aromatic rings. The molecule has 2 saturated heterocycles. The van der Waals surface area contributed by atoms with E-state index in [1.165, 1.54) is 0 Å². The fourth-order valence-electron chi connectivity index (χ4n) is 3.71. The number of nitrogens with one attached hydrogen (secondary N) is 1. The molecule has 2 aliphatic heterocycles. The van der Waals surface area contributed by atoms with Gasteiger partial charge in [-0.2, -0.15) is 5.10 Å². The van der Waals surface area contributed by atoms with Gasteiger partial charge in [0, 0.05) is 37.2 Å². The number of carbonyl (C=O) groups excluding carboxylic acids is 2. The number of nitrogens with zero attached hydrogens (tertiary/aromatic N) is 3. The second-order valence-corrected chi connectivity index (χ2v) is 7.35. The fraction of sp³-hybridized carbons (Fsp3) is 0.409. The zero-order valence-electron chi connectivity index (χ0n) is 16.2. The van der Waals surface area contributed by atoms with Crippen LogP contribution >= 0.6 is 0 Å². The molecule has 7 nitrogen and oxygen atoms in total. The number of hydrogen-bond donors (Lipinski definition) is 1. The van der Waals surface area contributed by atoms with Crippen molar-refractivity contribution >= 4 is 17.6 Å². The molecular formula is C22H24N4O3. The van der Waals surface area contributed by atoms with Gasteiger partial charge in [-0.3, -0.25) is 9.59 Å². The Balaban J connectivity index is 1.33. The Morgan fingerprint density at radius 2 is 1.90 bits per heavy atom. The third-order valence-corrected chi connectivity index (χ3v) is 5.41. The standard InChI is InChI=1S/C22H24N4O3/c27-21(7-6-17-4-2-1-3-5-17)25-13-9-19(10-14-25)26-20(8-12-23-26)24-22(28)18-11-15-29-16-18/h1-5,8,12,18-19H,9-11,13-16H2,(H,24,28)/t18-/m0/s1. The Hall–Kier alpha value is -3.11.